The fraction of sp³-hybridized carbons (Fsp3) is 0.235. The van der Waals surface area contributed by atoms with E-state index in [1.54, 1.807) is 14.2 Å². The van der Waals surface area contributed by atoms with E-state index in [0.717, 1.165) is 20.6 Å². The van der Waals surface area contributed by atoms with Crippen LogP contribution in [0.5, 0.6) is 11.5 Å². The van der Waals surface area contributed by atoms with Gasteiger partial charge in [-0.15, -0.1) is 0 Å². The van der Waals surface area contributed by atoms with Gasteiger partial charge in [0.15, 0.2) is 0 Å². The monoisotopic (exact) mass is 411 g/mol. The molecule has 22 heavy (non-hydrogen) atoms. The first-order chi connectivity index (χ1) is 10.5. The third kappa shape index (κ3) is 3.91. The first kappa shape index (κ1) is 16.6. The molecule has 0 saturated heterocycles. The van der Waals surface area contributed by atoms with Gasteiger partial charge >= 0.3 is 0 Å². The second-order valence-electron chi connectivity index (χ2n) is 4.81. The Morgan fingerprint density at radius 3 is 2.36 bits per heavy atom. The molecule has 0 aliphatic heterocycles. The molecule has 2 aromatic carbocycles. The summed E-state index contributed by atoms with van der Waals surface area (Å²) in [5.41, 5.74) is 1.51. The number of hydrogen-bond donors (Lipinski definition) is 1. The Hall–Kier alpha value is -1.76. The number of amides is 1. The zero-order chi connectivity index (χ0) is 16.1. The van der Waals surface area contributed by atoms with Crippen molar-refractivity contribution >= 4 is 28.5 Å². The lowest BCUT2D eigenvalue weighted by atomic mass is 10.1. The number of halogens is 1. The highest BCUT2D eigenvalue weighted by Gasteiger charge is 2.16. The fourth-order valence-corrected chi connectivity index (χ4v) is 2.50. The van der Waals surface area contributed by atoms with Gasteiger partial charge < -0.3 is 14.8 Å². The minimum Gasteiger partial charge on any atom is -0.497 e. The van der Waals surface area contributed by atoms with Crippen LogP contribution in [-0.4, -0.2) is 20.1 Å². The summed E-state index contributed by atoms with van der Waals surface area (Å²) in [4.78, 5) is 12.3. The van der Waals surface area contributed by atoms with Crippen molar-refractivity contribution in [3.05, 3.63) is 57.2 Å². The van der Waals surface area contributed by atoms with E-state index in [-0.39, 0.29) is 11.9 Å². The van der Waals surface area contributed by atoms with Gasteiger partial charge in [-0.3, -0.25) is 4.79 Å². The molecular formula is C17H18INO3. The normalized spacial score (nSPS) is 11.6. The molecule has 1 N–H and O–H groups in total. The Morgan fingerprint density at radius 1 is 1.09 bits per heavy atom. The zero-order valence-corrected chi connectivity index (χ0v) is 14.9. The van der Waals surface area contributed by atoms with Crippen molar-refractivity contribution in [1.82, 2.24) is 5.32 Å². The maximum Gasteiger partial charge on any atom is 0.251 e. The van der Waals surface area contributed by atoms with Gasteiger partial charge in [0, 0.05) is 14.7 Å². The van der Waals surface area contributed by atoms with E-state index in [0.29, 0.717) is 5.56 Å². The lowest BCUT2D eigenvalue weighted by molar-refractivity contribution is 0.0939. The number of methoxy groups -OCH3 is 2. The second-order valence-corrected chi connectivity index (χ2v) is 6.06. The SMILES string of the molecule is COc1ccc(OC)c([C@H](C)NC(=O)c2ccc(I)cc2)c1. The first-order valence-electron chi connectivity index (χ1n) is 6.83. The Labute approximate surface area is 144 Å². The summed E-state index contributed by atoms with van der Waals surface area (Å²) >= 11 is 2.21. The molecule has 0 aromatic heterocycles. The second kappa shape index (κ2) is 7.49. The third-order valence-electron chi connectivity index (χ3n) is 3.36. The molecule has 4 nitrogen and oxygen atoms in total. The first-order valence-corrected chi connectivity index (χ1v) is 7.91. The predicted molar refractivity (Wildman–Crippen MR) is 94.6 cm³/mol. The van der Waals surface area contributed by atoms with E-state index in [4.69, 9.17) is 9.47 Å². The molecule has 0 spiro atoms. The minimum atomic E-state index is -0.197. The summed E-state index contributed by atoms with van der Waals surface area (Å²) < 4.78 is 11.7. The van der Waals surface area contributed by atoms with Crippen LogP contribution in [0.3, 0.4) is 0 Å². The van der Waals surface area contributed by atoms with E-state index in [9.17, 15) is 4.79 Å². The lowest BCUT2D eigenvalue weighted by Gasteiger charge is -2.18. The molecule has 0 aliphatic rings. The van der Waals surface area contributed by atoms with Gasteiger partial charge in [0.2, 0.25) is 0 Å². The van der Waals surface area contributed by atoms with E-state index in [1.807, 2.05) is 49.4 Å². The van der Waals surface area contributed by atoms with Crippen molar-refractivity contribution in [3.63, 3.8) is 0 Å². The van der Waals surface area contributed by atoms with E-state index >= 15 is 0 Å². The molecule has 0 aliphatic carbocycles. The van der Waals surface area contributed by atoms with Gasteiger partial charge in [-0.1, -0.05) is 0 Å². The summed E-state index contributed by atoms with van der Waals surface area (Å²) in [6, 6.07) is 12.8. The Morgan fingerprint density at radius 2 is 1.77 bits per heavy atom. The van der Waals surface area contributed by atoms with Crippen LogP contribution in [0.25, 0.3) is 0 Å². The highest BCUT2D eigenvalue weighted by molar-refractivity contribution is 14.1. The average Bonchev–Trinajstić information content (AvgIpc) is 2.54. The topological polar surface area (TPSA) is 47.6 Å². The Kier molecular flexibility index (Phi) is 5.65. The molecule has 2 rings (SSSR count). The standard InChI is InChI=1S/C17H18INO3/c1-11(15-10-14(21-2)8-9-16(15)22-3)19-17(20)12-4-6-13(18)7-5-12/h4-11H,1-3H3,(H,19,20)/t11-/m0/s1. The van der Waals surface area contributed by atoms with Crippen LogP contribution < -0.4 is 14.8 Å². The van der Waals surface area contributed by atoms with Crippen molar-refractivity contribution in [2.75, 3.05) is 14.2 Å². The smallest absolute Gasteiger partial charge is 0.251 e. The van der Waals surface area contributed by atoms with E-state index in [2.05, 4.69) is 27.9 Å². The van der Waals surface area contributed by atoms with Gasteiger partial charge in [-0.2, -0.15) is 0 Å². The van der Waals surface area contributed by atoms with Gasteiger partial charge in [-0.05, 0) is 72.0 Å². The number of benzene rings is 2. The summed E-state index contributed by atoms with van der Waals surface area (Å²) in [6.45, 7) is 1.92. The molecule has 2 aromatic rings. The largest absolute Gasteiger partial charge is 0.497 e. The maximum atomic E-state index is 12.3. The lowest BCUT2D eigenvalue weighted by Crippen LogP contribution is -2.26. The molecule has 1 atom stereocenters. The predicted octanol–water partition coefficient (Wildman–Crippen LogP) is 3.80. The molecule has 5 heteroatoms. The van der Waals surface area contributed by atoms with Crippen molar-refractivity contribution in [2.24, 2.45) is 0 Å². The van der Waals surface area contributed by atoms with Crippen LogP contribution in [-0.2, 0) is 0 Å². The number of ether oxygens (including phenoxy) is 2. The van der Waals surface area contributed by atoms with Crippen molar-refractivity contribution in [1.29, 1.82) is 0 Å². The molecule has 0 radical (unpaired) electrons. The van der Waals surface area contributed by atoms with E-state index < -0.39 is 0 Å². The van der Waals surface area contributed by atoms with Gasteiger partial charge in [0.05, 0.1) is 20.3 Å². The molecular weight excluding hydrogens is 393 g/mol. The van der Waals surface area contributed by atoms with E-state index in [1.165, 1.54) is 0 Å². The maximum absolute atomic E-state index is 12.3. The van der Waals surface area contributed by atoms with Gasteiger partial charge in [-0.25, -0.2) is 0 Å². The van der Waals surface area contributed by atoms with Crippen LogP contribution in [0.4, 0.5) is 0 Å². The minimum absolute atomic E-state index is 0.117. The number of carbonyl (C=O) groups excluding carboxylic acids is 1. The summed E-state index contributed by atoms with van der Waals surface area (Å²) in [5, 5.41) is 2.98. The van der Waals surface area contributed by atoms with Crippen LogP contribution >= 0.6 is 22.6 Å². The molecule has 0 saturated carbocycles. The average molecular weight is 411 g/mol. The van der Waals surface area contributed by atoms with Gasteiger partial charge in [0.1, 0.15) is 11.5 Å². The number of rotatable bonds is 5. The molecule has 0 fully saturated rings. The number of hydrogen-bond acceptors (Lipinski definition) is 3. The van der Waals surface area contributed by atoms with Crippen LogP contribution in [0.1, 0.15) is 28.9 Å². The van der Waals surface area contributed by atoms with Crippen molar-refractivity contribution in [3.8, 4) is 11.5 Å². The van der Waals surface area contributed by atoms with Crippen LogP contribution in [0.2, 0.25) is 0 Å². The molecule has 0 bridgehead atoms. The highest BCUT2D eigenvalue weighted by atomic mass is 127. The molecule has 0 heterocycles. The zero-order valence-electron chi connectivity index (χ0n) is 12.7. The van der Waals surface area contributed by atoms with Crippen molar-refractivity contribution in [2.45, 2.75) is 13.0 Å². The fourth-order valence-electron chi connectivity index (χ4n) is 2.14. The van der Waals surface area contributed by atoms with Crippen molar-refractivity contribution < 1.29 is 14.3 Å². The van der Waals surface area contributed by atoms with Crippen LogP contribution in [0.15, 0.2) is 42.5 Å². The summed E-state index contributed by atoms with van der Waals surface area (Å²) in [6.07, 6.45) is 0. The Bertz CT molecular complexity index is 655. The Balaban J connectivity index is 2.19. The summed E-state index contributed by atoms with van der Waals surface area (Å²) in [5.74, 6) is 1.33. The number of nitrogens with one attached hydrogen (secondary N) is 1. The third-order valence-corrected chi connectivity index (χ3v) is 4.08. The van der Waals surface area contributed by atoms with Crippen LogP contribution in [0, 0.1) is 3.57 Å². The summed E-state index contributed by atoms with van der Waals surface area (Å²) in [7, 11) is 3.22. The highest BCUT2D eigenvalue weighted by Crippen LogP contribution is 2.29. The van der Waals surface area contributed by atoms with Gasteiger partial charge in [0.25, 0.3) is 5.91 Å². The molecule has 1 amide bonds. The quantitative estimate of drug-likeness (QED) is 0.762. The number of carbonyl (C=O) groups is 1. The molecule has 116 valence electrons. The molecule has 0 unspecified atom stereocenters.